The van der Waals surface area contributed by atoms with Crippen molar-refractivity contribution in [2.24, 2.45) is 0 Å². The van der Waals surface area contributed by atoms with Crippen molar-refractivity contribution in [3.05, 3.63) is 27.7 Å². The van der Waals surface area contributed by atoms with Gasteiger partial charge in [-0.15, -0.1) is 0 Å². The van der Waals surface area contributed by atoms with E-state index in [9.17, 15) is 0 Å². The van der Waals surface area contributed by atoms with Crippen molar-refractivity contribution in [2.75, 3.05) is 7.11 Å². The smallest absolute Gasteiger partial charge is 0.133 e. The van der Waals surface area contributed by atoms with Crippen LogP contribution in [0.1, 0.15) is 11.1 Å². The maximum atomic E-state index is 5.17. The average molecular weight is 213 g/mol. The summed E-state index contributed by atoms with van der Waals surface area (Å²) in [6.07, 6.45) is 2.43. The number of hydrogen-bond acceptors (Lipinski definition) is 1. The Kier molecular flexibility index (Phi) is 1.64. The van der Waals surface area contributed by atoms with Gasteiger partial charge in [-0.2, -0.15) is 0 Å². The first-order chi connectivity index (χ1) is 5.31. The van der Waals surface area contributed by atoms with E-state index in [1.165, 1.54) is 24.0 Å². The van der Waals surface area contributed by atoms with Crippen LogP contribution in [0.2, 0.25) is 0 Å². The summed E-state index contributed by atoms with van der Waals surface area (Å²) in [5, 5.41) is 0. The van der Waals surface area contributed by atoms with E-state index in [1.54, 1.807) is 7.11 Å². The molecule has 0 N–H and O–H groups in total. The number of methoxy groups -OCH3 is 1. The molecule has 1 aromatic carbocycles. The third-order valence-electron chi connectivity index (χ3n) is 2.14. The van der Waals surface area contributed by atoms with Gasteiger partial charge in [-0.05, 0) is 52.0 Å². The van der Waals surface area contributed by atoms with Gasteiger partial charge in [-0.1, -0.05) is 0 Å². The predicted octanol–water partition coefficient (Wildman–Crippen LogP) is 2.56. The van der Waals surface area contributed by atoms with Crippen molar-refractivity contribution < 1.29 is 4.74 Å². The molecule has 58 valence electrons. The summed E-state index contributed by atoms with van der Waals surface area (Å²) < 4.78 is 6.24. The van der Waals surface area contributed by atoms with Gasteiger partial charge in [-0.25, -0.2) is 0 Å². The van der Waals surface area contributed by atoms with Crippen LogP contribution in [-0.2, 0) is 12.8 Å². The lowest BCUT2D eigenvalue weighted by Gasteiger charge is -2.19. The van der Waals surface area contributed by atoms with Crippen LogP contribution >= 0.6 is 15.9 Å². The maximum absolute atomic E-state index is 5.17. The van der Waals surface area contributed by atoms with Gasteiger partial charge in [0, 0.05) is 0 Å². The molecule has 2 heteroatoms. The van der Waals surface area contributed by atoms with Crippen LogP contribution in [0.25, 0.3) is 0 Å². The molecule has 0 fully saturated rings. The van der Waals surface area contributed by atoms with E-state index >= 15 is 0 Å². The summed E-state index contributed by atoms with van der Waals surface area (Å²) in [6.45, 7) is 0. The number of fused-ring (bicyclic) bond motifs is 1. The Morgan fingerprint density at radius 1 is 1.27 bits per heavy atom. The van der Waals surface area contributed by atoms with Crippen molar-refractivity contribution in [3.8, 4) is 5.75 Å². The van der Waals surface area contributed by atoms with E-state index in [0.29, 0.717) is 0 Å². The van der Waals surface area contributed by atoms with E-state index in [4.69, 9.17) is 4.74 Å². The molecule has 0 spiro atoms. The normalized spacial score (nSPS) is 13.6. The highest BCUT2D eigenvalue weighted by molar-refractivity contribution is 9.10. The lowest BCUT2D eigenvalue weighted by Crippen LogP contribution is -2.08. The molecule has 1 nitrogen and oxygen atoms in total. The first-order valence-corrected chi connectivity index (χ1v) is 4.46. The van der Waals surface area contributed by atoms with Crippen LogP contribution in [0, 0.1) is 0 Å². The number of rotatable bonds is 1. The Bertz CT molecular complexity index is 294. The fourth-order valence-electron chi connectivity index (χ4n) is 1.35. The Morgan fingerprint density at radius 2 is 1.91 bits per heavy atom. The van der Waals surface area contributed by atoms with Gasteiger partial charge in [0.05, 0.1) is 11.6 Å². The molecule has 11 heavy (non-hydrogen) atoms. The van der Waals surface area contributed by atoms with E-state index < -0.39 is 0 Å². The third-order valence-corrected chi connectivity index (χ3v) is 2.76. The second-order valence-corrected chi connectivity index (χ2v) is 3.61. The topological polar surface area (TPSA) is 9.23 Å². The summed E-state index contributed by atoms with van der Waals surface area (Å²) in [5.74, 6) is 0.948. The Labute approximate surface area is 74.5 Å². The van der Waals surface area contributed by atoms with Gasteiger partial charge < -0.3 is 4.74 Å². The molecule has 0 aliphatic heterocycles. The molecule has 0 atom stereocenters. The molecular weight excluding hydrogens is 204 g/mol. The summed E-state index contributed by atoms with van der Waals surface area (Å²) in [7, 11) is 1.70. The zero-order valence-electron chi connectivity index (χ0n) is 6.36. The lowest BCUT2D eigenvalue weighted by atomic mass is 9.89. The minimum absolute atomic E-state index is 0.948. The molecule has 1 aromatic rings. The Morgan fingerprint density at radius 3 is 2.45 bits per heavy atom. The van der Waals surface area contributed by atoms with Crippen molar-refractivity contribution in [3.63, 3.8) is 0 Å². The molecule has 0 saturated heterocycles. The molecule has 0 bridgehead atoms. The standard InChI is InChI=1S/C9H9BrO/c1-11-9-5-7-3-2-6(7)4-8(9)10/h4-5H,2-3H2,1H3. The van der Waals surface area contributed by atoms with Gasteiger partial charge in [0.15, 0.2) is 0 Å². The second kappa shape index (κ2) is 2.52. The fraction of sp³-hybridized carbons (Fsp3) is 0.333. The maximum Gasteiger partial charge on any atom is 0.133 e. The Balaban J connectivity index is 2.50. The molecule has 1 aliphatic rings. The first kappa shape index (κ1) is 7.17. The van der Waals surface area contributed by atoms with Gasteiger partial charge in [0.25, 0.3) is 0 Å². The summed E-state index contributed by atoms with van der Waals surface area (Å²) in [5.41, 5.74) is 2.89. The largest absolute Gasteiger partial charge is 0.496 e. The van der Waals surface area contributed by atoms with Crippen LogP contribution in [0.5, 0.6) is 5.75 Å². The molecular formula is C9H9BrO. The summed E-state index contributed by atoms with van der Waals surface area (Å²) >= 11 is 3.45. The van der Waals surface area contributed by atoms with Crippen molar-refractivity contribution in [2.45, 2.75) is 12.8 Å². The fourth-order valence-corrected chi connectivity index (χ4v) is 1.90. The molecule has 1 aliphatic carbocycles. The van der Waals surface area contributed by atoms with Crippen molar-refractivity contribution in [1.82, 2.24) is 0 Å². The summed E-state index contributed by atoms with van der Waals surface area (Å²) in [4.78, 5) is 0. The zero-order valence-corrected chi connectivity index (χ0v) is 7.94. The molecule has 0 saturated carbocycles. The van der Waals surface area contributed by atoms with E-state index in [0.717, 1.165) is 10.2 Å². The van der Waals surface area contributed by atoms with Crippen LogP contribution in [0.4, 0.5) is 0 Å². The highest BCUT2D eigenvalue weighted by Crippen LogP contribution is 2.33. The van der Waals surface area contributed by atoms with Crippen molar-refractivity contribution >= 4 is 15.9 Å². The van der Waals surface area contributed by atoms with Crippen LogP contribution in [-0.4, -0.2) is 7.11 Å². The third kappa shape index (κ3) is 1.06. The summed E-state index contributed by atoms with van der Waals surface area (Å²) in [6, 6.07) is 4.26. The van der Waals surface area contributed by atoms with E-state index in [2.05, 4.69) is 28.1 Å². The molecule has 0 aromatic heterocycles. The van der Waals surface area contributed by atoms with Crippen LogP contribution < -0.4 is 4.74 Å². The van der Waals surface area contributed by atoms with Gasteiger partial charge in [-0.3, -0.25) is 0 Å². The number of benzene rings is 1. The zero-order chi connectivity index (χ0) is 7.84. The molecule has 0 radical (unpaired) electrons. The monoisotopic (exact) mass is 212 g/mol. The number of aryl methyl sites for hydroxylation is 2. The minimum atomic E-state index is 0.948. The van der Waals surface area contributed by atoms with Crippen molar-refractivity contribution in [1.29, 1.82) is 0 Å². The Hall–Kier alpha value is -0.500. The second-order valence-electron chi connectivity index (χ2n) is 2.76. The van der Waals surface area contributed by atoms with Gasteiger partial charge in [0.1, 0.15) is 5.75 Å². The SMILES string of the molecule is COc1cc2c(cc1Br)CC2. The lowest BCUT2D eigenvalue weighted by molar-refractivity contribution is 0.410. The number of halogens is 1. The van der Waals surface area contributed by atoms with E-state index in [-0.39, 0.29) is 0 Å². The molecule has 2 rings (SSSR count). The van der Waals surface area contributed by atoms with Crippen LogP contribution in [0.3, 0.4) is 0 Å². The molecule has 0 unspecified atom stereocenters. The number of hydrogen-bond donors (Lipinski definition) is 0. The first-order valence-electron chi connectivity index (χ1n) is 3.66. The molecule has 0 heterocycles. The highest BCUT2D eigenvalue weighted by atomic mass is 79.9. The average Bonchev–Trinajstić information content (AvgIpc) is 1.97. The van der Waals surface area contributed by atoms with Gasteiger partial charge in [0.2, 0.25) is 0 Å². The highest BCUT2D eigenvalue weighted by Gasteiger charge is 2.15. The predicted molar refractivity (Wildman–Crippen MR) is 48.1 cm³/mol. The number of ether oxygens (including phenoxy) is 1. The minimum Gasteiger partial charge on any atom is -0.496 e. The quantitative estimate of drug-likeness (QED) is 0.696. The van der Waals surface area contributed by atoms with Crippen LogP contribution in [0.15, 0.2) is 16.6 Å². The van der Waals surface area contributed by atoms with Gasteiger partial charge >= 0.3 is 0 Å². The van der Waals surface area contributed by atoms with E-state index in [1.807, 2.05) is 0 Å². The molecule has 0 amide bonds.